The number of hydrogen-bond acceptors (Lipinski definition) is 7. The van der Waals surface area contributed by atoms with Crippen LogP contribution in [0.5, 0.6) is 5.75 Å². The molecule has 5 atom stereocenters. The molecule has 5 N–H and O–H groups in total. The number of ether oxygens (including phenoxy) is 2. The van der Waals surface area contributed by atoms with Crippen molar-refractivity contribution >= 4 is 0 Å². The Morgan fingerprint density at radius 2 is 1.95 bits per heavy atom. The first-order chi connectivity index (χ1) is 10.5. The molecule has 0 radical (unpaired) electrons. The van der Waals surface area contributed by atoms with E-state index in [0.29, 0.717) is 6.61 Å². The molecule has 1 aromatic carbocycles. The fraction of sp³-hybridized carbons (Fsp3) is 0.600. The molecule has 2 rings (SSSR count). The lowest BCUT2D eigenvalue weighted by molar-refractivity contribution is -0.290. The molecule has 1 unspecified atom stereocenters. The van der Waals surface area contributed by atoms with Gasteiger partial charge in [0.2, 0.25) is 0 Å². The standard InChI is InChI=1S/C15H22O7/c1-2-21-8-15(20)11(7-16)22-13(12(18)14(15)19)9-5-3-4-6-10(9)17/h3-6,11-14,16-20H,2,7-8H2,1H3/t11-,12+,13?,14-,15-/m1/s1. The zero-order valence-corrected chi connectivity index (χ0v) is 12.3. The van der Waals surface area contributed by atoms with Gasteiger partial charge in [-0.1, -0.05) is 18.2 Å². The van der Waals surface area contributed by atoms with Gasteiger partial charge >= 0.3 is 0 Å². The highest BCUT2D eigenvalue weighted by molar-refractivity contribution is 5.35. The van der Waals surface area contributed by atoms with E-state index in [9.17, 15) is 25.5 Å². The third-order valence-electron chi connectivity index (χ3n) is 3.96. The van der Waals surface area contributed by atoms with Crippen LogP contribution in [0.15, 0.2) is 24.3 Å². The second-order valence-electron chi connectivity index (χ2n) is 5.35. The quantitative estimate of drug-likeness (QED) is 0.488. The fourth-order valence-corrected chi connectivity index (χ4v) is 2.66. The summed E-state index contributed by atoms with van der Waals surface area (Å²) < 4.78 is 10.7. The van der Waals surface area contributed by atoms with Crippen LogP contribution in [0.25, 0.3) is 0 Å². The number of phenols is 1. The van der Waals surface area contributed by atoms with Gasteiger partial charge in [0.15, 0.2) is 0 Å². The molecule has 22 heavy (non-hydrogen) atoms. The lowest BCUT2D eigenvalue weighted by atomic mass is 9.81. The summed E-state index contributed by atoms with van der Waals surface area (Å²) in [5.41, 5.74) is -1.67. The smallest absolute Gasteiger partial charge is 0.144 e. The number of hydrogen-bond donors (Lipinski definition) is 5. The Hall–Kier alpha value is -1.22. The molecular formula is C15H22O7. The van der Waals surface area contributed by atoms with Crippen molar-refractivity contribution in [2.75, 3.05) is 19.8 Å². The lowest BCUT2D eigenvalue weighted by Crippen LogP contribution is -2.66. The summed E-state index contributed by atoms with van der Waals surface area (Å²) in [5, 5.41) is 50.5. The van der Waals surface area contributed by atoms with E-state index in [-0.39, 0.29) is 17.9 Å². The molecule has 0 spiro atoms. The number of phenolic OH excluding ortho intramolecular Hbond substituents is 1. The van der Waals surface area contributed by atoms with Crippen LogP contribution >= 0.6 is 0 Å². The largest absolute Gasteiger partial charge is 0.508 e. The van der Waals surface area contributed by atoms with Crippen molar-refractivity contribution in [3.63, 3.8) is 0 Å². The van der Waals surface area contributed by atoms with E-state index in [2.05, 4.69) is 0 Å². The highest BCUT2D eigenvalue weighted by atomic mass is 16.6. The number of aliphatic hydroxyl groups excluding tert-OH is 3. The van der Waals surface area contributed by atoms with Gasteiger partial charge in [-0.3, -0.25) is 0 Å². The monoisotopic (exact) mass is 314 g/mol. The lowest BCUT2D eigenvalue weighted by Gasteiger charge is -2.48. The van der Waals surface area contributed by atoms with Crippen LogP contribution in [-0.4, -0.2) is 69.3 Å². The minimum absolute atomic E-state index is 0.106. The van der Waals surface area contributed by atoms with Crippen molar-refractivity contribution in [2.24, 2.45) is 0 Å². The third-order valence-corrected chi connectivity index (χ3v) is 3.96. The highest BCUT2D eigenvalue weighted by Crippen LogP contribution is 2.40. The first-order valence-corrected chi connectivity index (χ1v) is 7.16. The van der Waals surface area contributed by atoms with Crippen molar-refractivity contribution < 1.29 is 35.0 Å². The average molecular weight is 314 g/mol. The molecule has 0 aromatic heterocycles. The van der Waals surface area contributed by atoms with E-state index in [0.717, 1.165) is 0 Å². The topological polar surface area (TPSA) is 120 Å². The fourth-order valence-electron chi connectivity index (χ4n) is 2.66. The molecule has 124 valence electrons. The molecule has 1 heterocycles. The Labute approximate surface area is 128 Å². The molecule has 1 aromatic rings. The minimum Gasteiger partial charge on any atom is -0.508 e. The maximum Gasteiger partial charge on any atom is 0.144 e. The average Bonchev–Trinajstić information content (AvgIpc) is 2.52. The Morgan fingerprint density at radius 3 is 2.55 bits per heavy atom. The van der Waals surface area contributed by atoms with Gasteiger partial charge in [0, 0.05) is 12.2 Å². The van der Waals surface area contributed by atoms with Gasteiger partial charge in [0.25, 0.3) is 0 Å². The Kier molecular flexibility index (Phi) is 5.38. The van der Waals surface area contributed by atoms with E-state index in [1.54, 1.807) is 19.1 Å². The second kappa shape index (κ2) is 6.91. The van der Waals surface area contributed by atoms with Crippen LogP contribution in [0.2, 0.25) is 0 Å². The van der Waals surface area contributed by atoms with Crippen LogP contribution in [-0.2, 0) is 9.47 Å². The summed E-state index contributed by atoms with van der Waals surface area (Å²) in [6.45, 7) is 1.15. The van der Waals surface area contributed by atoms with Crippen molar-refractivity contribution in [1.29, 1.82) is 0 Å². The van der Waals surface area contributed by atoms with Gasteiger partial charge in [-0.15, -0.1) is 0 Å². The second-order valence-corrected chi connectivity index (χ2v) is 5.35. The zero-order valence-electron chi connectivity index (χ0n) is 12.3. The van der Waals surface area contributed by atoms with Crippen LogP contribution in [0.4, 0.5) is 0 Å². The minimum atomic E-state index is -1.94. The number of rotatable bonds is 5. The van der Waals surface area contributed by atoms with Crippen molar-refractivity contribution in [3.8, 4) is 5.75 Å². The summed E-state index contributed by atoms with van der Waals surface area (Å²) >= 11 is 0. The number of aliphatic hydroxyl groups is 4. The maximum atomic E-state index is 10.6. The Balaban J connectivity index is 2.31. The van der Waals surface area contributed by atoms with Gasteiger partial charge in [0.05, 0.1) is 13.2 Å². The van der Waals surface area contributed by atoms with Gasteiger partial charge in [-0.25, -0.2) is 0 Å². The zero-order chi connectivity index (χ0) is 16.3. The van der Waals surface area contributed by atoms with Gasteiger partial charge < -0.3 is 35.0 Å². The molecule has 1 aliphatic heterocycles. The molecule has 0 amide bonds. The molecule has 0 saturated carbocycles. The molecule has 0 aliphatic carbocycles. The summed E-state index contributed by atoms with van der Waals surface area (Å²) in [7, 11) is 0. The molecule has 1 aliphatic rings. The number of para-hydroxylation sites is 1. The van der Waals surface area contributed by atoms with Gasteiger partial charge in [0.1, 0.15) is 35.8 Å². The predicted molar refractivity (Wildman–Crippen MR) is 76.3 cm³/mol. The van der Waals surface area contributed by atoms with E-state index in [1.807, 2.05) is 0 Å². The van der Waals surface area contributed by atoms with Crippen LogP contribution < -0.4 is 0 Å². The molecule has 7 heteroatoms. The van der Waals surface area contributed by atoms with E-state index >= 15 is 0 Å². The Bertz CT molecular complexity index is 491. The van der Waals surface area contributed by atoms with Crippen molar-refractivity contribution in [2.45, 2.75) is 36.9 Å². The van der Waals surface area contributed by atoms with Crippen molar-refractivity contribution in [3.05, 3.63) is 29.8 Å². The normalized spacial score (nSPS) is 35.5. The summed E-state index contributed by atoms with van der Waals surface area (Å²) in [4.78, 5) is 0. The molecule has 1 saturated heterocycles. The van der Waals surface area contributed by atoms with Crippen LogP contribution in [0.1, 0.15) is 18.6 Å². The van der Waals surface area contributed by atoms with E-state index < -0.39 is 36.6 Å². The molecular weight excluding hydrogens is 292 g/mol. The SMILES string of the molecule is CCOC[C@]1(O)[C@H](O)[C@@H](O)C(c2ccccc2O)O[C@@H]1CO. The number of aromatic hydroxyl groups is 1. The Morgan fingerprint density at radius 1 is 1.27 bits per heavy atom. The first-order valence-electron chi connectivity index (χ1n) is 7.16. The summed E-state index contributed by atoms with van der Waals surface area (Å²) in [6.07, 6.45) is -5.33. The van der Waals surface area contributed by atoms with Gasteiger partial charge in [-0.2, -0.15) is 0 Å². The van der Waals surface area contributed by atoms with Crippen LogP contribution in [0, 0.1) is 0 Å². The van der Waals surface area contributed by atoms with Crippen molar-refractivity contribution in [1.82, 2.24) is 0 Å². The van der Waals surface area contributed by atoms with E-state index in [1.165, 1.54) is 12.1 Å². The first kappa shape index (κ1) is 17.1. The molecule has 7 nitrogen and oxygen atoms in total. The van der Waals surface area contributed by atoms with E-state index in [4.69, 9.17) is 9.47 Å². The maximum absolute atomic E-state index is 10.6. The molecule has 1 fully saturated rings. The third kappa shape index (κ3) is 2.96. The van der Waals surface area contributed by atoms with Gasteiger partial charge in [-0.05, 0) is 13.0 Å². The summed E-state index contributed by atoms with van der Waals surface area (Å²) in [5.74, 6) is -0.106. The molecule has 0 bridgehead atoms. The predicted octanol–water partition coefficient (Wildman–Crippen LogP) is -0.686. The highest BCUT2D eigenvalue weighted by Gasteiger charge is 2.55. The summed E-state index contributed by atoms with van der Waals surface area (Å²) in [6, 6.07) is 6.22. The number of benzene rings is 1. The van der Waals surface area contributed by atoms with Crippen LogP contribution in [0.3, 0.4) is 0 Å².